The molecule has 1 aliphatic rings. The summed E-state index contributed by atoms with van der Waals surface area (Å²) in [6.07, 6.45) is 3.60. The van der Waals surface area contributed by atoms with Gasteiger partial charge in [-0.1, -0.05) is 18.6 Å². The molecule has 2 N–H and O–H groups in total. The van der Waals surface area contributed by atoms with Crippen LogP contribution in [-0.2, 0) is 21.2 Å². The number of fused-ring (bicyclic) bond motifs is 1. The molecular weight excluding hydrogens is 370 g/mol. The number of amides is 1. The lowest BCUT2D eigenvalue weighted by atomic mass is 10.1. The lowest BCUT2D eigenvalue weighted by Gasteiger charge is -2.10. The first-order chi connectivity index (χ1) is 12.9. The van der Waals surface area contributed by atoms with Gasteiger partial charge in [0.2, 0.25) is 5.91 Å². The fraction of sp³-hybridized carbons (Fsp3) is 0.389. The van der Waals surface area contributed by atoms with Crippen molar-refractivity contribution in [2.45, 2.75) is 38.3 Å². The van der Waals surface area contributed by atoms with E-state index in [1.165, 1.54) is 10.6 Å². The first-order valence-electron chi connectivity index (χ1n) is 8.78. The van der Waals surface area contributed by atoms with E-state index in [0.29, 0.717) is 30.2 Å². The maximum absolute atomic E-state index is 12.4. The highest BCUT2D eigenvalue weighted by atomic mass is 32.2. The molecule has 27 heavy (non-hydrogen) atoms. The Morgan fingerprint density at radius 1 is 1.19 bits per heavy atom. The Hall–Kier alpha value is -2.68. The van der Waals surface area contributed by atoms with E-state index in [4.69, 9.17) is 0 Å². The van der Waals surface area contributed by atoms with E-state index < -0.39 is 21.6 Å². The van der Waals surface area contributed by atoms with E-state index in [9.17, 15) is 22.8 Å². The number of carbonyl (C=O) groups excluding carboxylic acids is 1. The number of hydrogen-bond acceptors (Lipinski definition) is 5. The van der Waals surface area contributed by atoms with Crippen molar-refractivity contribution in [1.82, 2.24) is 14.9 Å². The summed E-state index contributed by atoms with van der Waals surface area (Å²) in [5, 5.41) is 4.26. The highest BCUT2D eigenvalue weighted by Gasteiger charge is 2.22. The van der Waals surface area contributed by atoms with Crippen LogP contribution in [0.25, 0.3) is 10.9 Å². The predicted molar refractivity (Wildman–Crippen MR) is 102 cm³/mol. The molecule has 0 fully saturated rings. The van der Waals surface area contributed by atoms with Gasteiger partial charge in [0.05, 0.1) is 22.7 Å². The van der Waals surface area contributed by atoms with Crippen molar-refractivity contribution in [2.75, 3.05) is 5.75 Å². The SMILES string of the molecule is O=C(CCCCCn1c(=O)[nH]c2ccccc2c1=O)NC1C=CS(=O)(=O)C1. The molecular formula is C18H21N3O5S. The first-order valence-corrected chi connectivity index (χ1v) is 10.5. The minimum atomic E-state index is -3.18. The van der Waals surface area contributed by atoms with E-state index in [1.807, 2.05) is 0 Å². The average molecular weight is 391 g/mol. The number of nitrogens with zero attached hydrogens (tertiary/aromatic N) is 1. The molecule has 0 radical (unpaired) electrons. The van der Waals surface area contributed by atoms with Crippen LogP contribution in [0.1, 0.15) is 25.7 Å². The Balaban J connectivity index is 1.46. The molecule has 144 valence electrons. The summed E-state index contributed by atoms with van der Waals surface area (Å²) >= 11 is 0. The lowest BCUT2D eigenvalue weighted by Crippen LogP contribution is -2.35. The zero-order chi connectivity index (χ0) is 19.4. The number of carbonyl (C=O) groups is 1. The van der Waals surface area contributed by atoms with Crippen LogP contribution in [0.3, 0.4) is 0 Å². The van der Waals surface area contributed by atoms with Crippen molar-refractivity contribution in [3.8, 4) is 0 Å². The number of unbranched alkanes of at least 4 members (excludes halogenated alkanes) is 2. The third kappa shape index (κ3) is 4.73. The number of H-pyrrole nitrogens is 1. The van der Waals surface area contributed by atoms with Gasteiger partial charge >= 0.3 is 5.69 Å². The van der Waals surface area contributed by atoms with E-state index in [2.05, 4.69) is 10.3 Å². The van der Waals surface area contributed by atoms with Crippen LogP contribution in [0.15, 0.2) is 45.3 Å². The van der Waals surface area contributed by atoms with E-state index in [0.717, 1.165) is 5.41 Å². The quantitative estimate of drug-likeness (QED) is 0.673. The summed E-state index contributed by atoms with van der Waals surface area (Å²) in [6, 6.07) is 6.40. The van der Waals surface area contributed by atoms with Gasteiger partial charge in [0.25, 0.3) is 5.56 Å². The topological polar surface area (TPSA) is 118 Å². The van der Waals surface area contributed by atoms with Crippen LogP contribution in [0.5, 0.6) is 0 Å². The first kappa shape index (κ1) is 19.1. The van der Waals surface area contributed by atoms with Gasteiger partial charge in [-0.05, 0) is 31.1 Å². The molecule has 1 aliphatic heterocycles. The normalized spacial score (nSPS) is 18.0. The number of para-hydroxylation sites is 1. The van der Waals surface area contributed by atoms with Gasteiger partial charge in [-0.25, -0.2) is 13.2 Å². The van der Waals surface area contributed by atoms with Crippen LogP contribution in [0.2, 0.25) is 0 Å². The van der Waals surface area contributed by atoms with Gasteiger partial charge in [0.1, 0.15) is 0 Å². The second kappa shape index (κ2) is 7.91. The number of nitrogens with one attached hydrogen (secondary N) is 2. The van der Waals surface area contributed by atoms with Crippen molar-refractivity contribution in [3.63, 3.8) is 0 Å². The Bertz CT molecular complexity index is 1100. The molecule has 2 aromatic rings. The molecule has 1 aromatic heterocycles. The zero-order valence-electron chi connectivity index (χ0n) is 14.7. The van der Waals surface area contributed by atoms with Crippen molar-refractivity contribution < 1.29 is 13.2 Å². The zero-order valence-corrected chi connectivity index (χ0v) is 15.5. The van der Waals surface area contributed by atoms with Crippen molar-refractivity contribution in [3.05, 3.63) is 56.6 Å². The number of rotatable bonds is 7. The Labute approximate surface area is 155 Å². The smallest absolute Gasteiger partial charge is 0.328 e. The van der Waals surface area contributed by atoms with Crippen molar-refractivity contribution in [2.24, 2.45) is 0 Å². The average Bonchev–Trinajstić information content (AvgIpc) is 2.95. The van der Waals surface area contributed by atoms with Crippen LogP contribution in [0.4, 0.5) is 0 Å². The Kier molecular flexibility index (Phi) is 5.59. The molecule has 1 atom stereocenters. The van der Waals surface area contributed by atoms with Crippen molar-refractivity contribution >= 4 is 26.6 Å². The van der Waals surface area contributed by atoms with Gasteiger partial charge in [0, 0.05) is 18.4 Å². The minimum absolute atomic E-state index is 0.0909. The van der Waals surface area contributed by atoms with Crippen LogP contribution < -0.4 is 16.6 Å². The molecule has 0 bridgehead atoms. The van der Waals surface area contributed by atoms with Gasteiger partial charge in [-0.3, -0.25) is 14.2 Å². The number of sulfone groups is 1. The summed E-state index contributed by atoms with van der Waals surface area (Å²) in [5.74, 6) is -0.297. The van der Waals surface area contributed by atoms with Crippen LogP contribution in [-0.4, -0.2) is 35.7 Å². The van der Waals surface area contributed by atoms with Gasteiger partial charge in [-0.15, -0.1) is 0 Å². The highest BCUT2D eigenvalue weighted by Crippen LogP contribution is 2.09. The van der Waals surface area contributed by atoms with Gasteiger partial charge < -0.3 is 10.3 Å². The number of hydrogen-bond donors (Lipinski definition) is 2. The fourth-order valence-electron chi connectivity index (χ4n) is 3.08. The predicted octanol–water partition coefficient (Wildman–Crippen LogP) is 0.677. The fourth-order valence-corrected chi connectivity index (χ4v) is 4.31. The molecule has 2 heterocycles. The van der Waals surface area contributed by atoms with E-state index in [-0.39, 0.29) is 30.2 Å². The van der Waals surface area contributed by atoms with E-state index in [1.54, 1.807) is 24.3 Å². The largest absolute Gasteiger partial charge is 0.349 e. The second-order valence-corrected chi connectivity index (χ2v) is 8.51. The van der Waals surface area contributed by atoms with Crippen LogP contribution in [0, 0.1) is 0 Å². The summed E-state index contributed by atoms with van der Waals surface area (Å²) in [6.45, 7) is 0.282. The molecule has 0 spiro atoms. The maximum Gasteiger partial charge on any atom is 0.328 e. The molecule has 8 nitrogen and oxygen atoms in total. The third-order valence-corrected chi connectivity index (χ3v) is 5.85. The van der Waals surface area contributed by atoms with E-state index >= 15 is 0 Å². The molecule has 3 rings (SSSR count). The monoisotopic (exact) mass is 391 g/mol. The van der Waals surface area contributed by atoms with Gasteiger partial charge in [-0.2, -0.15) is 0 Å². The summed E-state index contributed by atoms with van der Waals surface area (Å²) in [7, 11) is -3.18. The van der Waals surface area contributed by atoms with Gasteiger partial charge in [0.15, 0.2) is 9.84 Å². The highest BCUT2D eigenvalue weighted by molar-refractivity contribution is 7.94. The minimum Gasteiger partial charge on any atom is -0.349 e. The molecule has 1 aromatic carbocycles. The van der Waals surface area contributed by atoms with Crippen molar-refractivity contribution in [1.29, 1.82) is 0 Å². The molecule has 9 heteroatoms. The molecule has 0 saturated carbocycles. The molecule has 1 amide bonds. The number of aromatic amines is 1. The Morgan fingerprint density at radius 3 is 2.70 bits per heavy atom. The summed E-state index contributed by atoms with van der Waals surface area (Å²) < 4.78 is 23.8. The third-order valence-electron chi connectivity index (χ3n) is 4.45. The Morgan fingerprint density at radius 2 is 1.96 bits per heavy atom. The van der Waals surface area contributed by atoms with Crippen LogP contribution >= 0.6 is 0 Å². The molecule has 0 aliphatic carbocycles. The number of aromatic nitrogens is 2. The molecule has 1 unspecified atom stereocenters. The molecule has 0 saturated heterocycles. The summed E-state index contributed by atoms with van der Waals surface area (Å²) in [5.41, 5.74) is -0.240. The standard InChI is InChI=1S/C18H21N3O5S/c22-16(19-13-9-11-27(25,26)12-13)8-2-1-5-10-21-17(23)14-6-3-4-7-15(14)20-18(21)24/h3-4,6-7,9,11,13H,1-2,5,8,10,12H2,(H,19,22)(H,20,24). The number of benzene rings is 1. The summed E-state index contributed by atoms with van der Waals surface area (Å²) in [4.78, 5) is 39.0. The lowest BCUT2D eigenvalue weighted by molar-refractivity contribution is -0.121. The maximum atomic E-state index is 12.4. The second-order valence-electron chi connectivity index (χ2n) is 6.58.